The second-order valence-electron chi connectivity index (χ2n) is 6.39. The molecule has 0 radical (unpaired) electrons. The molecule has 2 aliphatic rings. The summed E-state index contributed by atoms with van der Waals surface area (Å²) in [5, 5.41) is 0. The van der Waals surface area contributed by atoms with Gasteiger partial charge in [-0.05, 0) is 25.7 Å². The van der Waals surface area contributed by atoms with Gasteiger partial charge in [-0.3, -0.25) is 4.79 Å². The van der Waals surface area contributed by atoms with Gasteiger partial charge in [0.25, 0.3) is 5.91 Å². The maximum absolute atomic E-state index is 13.0. The van der Waals surface area contributed by atoms with Crippen molar-refractivity contribution in [3.05, 3.63) is 23.9 Å². The van der Waals surface area contributed by atoms with E-state index in [1.54, 1.807) is 6.20 Å². The molecule has 126 valence electrons. The highest BCUT2D eigenvalue weighted by atomic mass is 16.2. The summed E-state index contributed by atoms with van der Waals surface area (Å²) in [7, 11) is 2.13. The fraction of sp³-hybridized carbons (Fsp3) is 0.647. The van der Waals surface area contributed by atoms with E-state index in [9.17, 15) is 4.79 Å². The van der Waals surface area contributed by atoms with Crippen LogP contribution >= 0.6 is 0 Å². The van der Waals surface area contributed by atoms with Crippen molar-refractivity contribution in [3.63, 3.8) is 0 Å². The van der Waals surface area contributed by atoms with Gasteiger partial charge in [0.1, 0.15) is 5.82 Å². The number of carbonyl (C=O) groups is 1. The Morgan fingerprint density at radius 1 is 1.09 bits per heavy atom. The molecule has 2 aliphatic heterocycles. The van der Waals surface area contributed by atoms with Gasteiger partial charge in [-0.15, -0.1) is 0 Å². The Morgan fingerprint density at radius 2 is 1.78 bits per heavy atom. The van der Waals surface area contributed by atoms with Crippen molar-refractivity contribution in [3.8, 4) is 0 Å². The van der Waals surface area contributed by atoms with Gasteiger partial charge < -0.3 is 19.6 Å². The predicted molar refractivity (Wildman–Crippen MR) is 92.0 cm³/mol. The first kappa shape index (κ1) is 16.2. The number of rotatable bonds is 3. The van der Waals surface area contributed by atoms with Crippen molar-refractivity contribution in [1.82, 2.24) is 19.7 Å². The van der Waals surface area contributed by atoms with Gasteiger partial charge in [-0.1, -0.05) is 6.92 Å². The summed E-state index contributed by atoms with van der Waals surface area (Å²) >= 11 is 0. The minimum Gasteiger partial charge on any atom is -0.353 e. The highest BCUT2D eigenvalue weighted by molar-refractivity contribution is 5.99. The van der Waals surface area contributed by atoms with E-state index in [0.717, 1.165) is 70.3 Å². The van der Waals surface area contributed by atoms with Crippen LogP contribution in [0.5, 0.6) is 0 Å². The first-order chi connectivity index (χ1) is 11.2. The van der Waals surface area contributed by atoms with Crippen molar-refractivity contribution in [2.24, 2.45) is 0 Å². The van der Waals surface area contributed by atoms with E-state index in [4.69, 9.17) is 0 Å². The van der Waals surface area contributed by atoms with Crippen LogP contribution < -0.4 is 4.90 Å². The maximum atomic E-state index is 13.0. The lowest BCUT2D eigenvalue weighted by atomic mass is 10.1. The minimum atomic E-state index is 0.128. The molecule has 3 heterocycles. The predicted octanol–water partition coefficient (Wildman–Crippen LogP) is 0.611. The Bertz CT molecular complexity index is 534. The summed E-state index contributed by atoms with van der Waals surface area (Å²) in [6.07, 6.45) is 1.79. The van der Waals surface area contributed by atoms with Crippen molar-refractivity contribution in [2.75, 3.05) is 70.9 Å². The van der Waals surface area contributed by atoms with Crippen LogP contribution in [0.1, 0.15) is 17.3 Å². The molecular weight excluding hydrogens is 290 g/mol. The third kappa shape index (κ3) is 3.64. The molecule has 0 unspecified atom stereocenters. The molecule has 0 spiro atoms. The summed E-state index contributed by atoms with van der Waals surface area (Å²) < 4.78 is 0. The summed E-state index contributed by atoms with van der Waals surface area (Å²) in [5.41, 5.74) is 0.752. The van der Waals surface area contributed by atoms with Crippen LogP contribution in [-0.4, -0.2) is 91.5 Å². The number of hydrogen-bond donors (Lipinski definition) is 0. The highest BCUT2D eigenvalue weighted by Crippen LogP contribution is 2.21. The molecule has 2 saturated heterocycles. The summed E-state index contributed by atoms with van der Waals surface area (Å²) in [5.74, 6) is 0.978. The highest BCUT2D eigenvalue weighted by Gasteiger charge is 2.26. The standard InChI is InChI=1S/C17H27N5O/c1-3-20-9-13-22(14-10-20)17(23)15-5-4-6-18-16(15)21-11-7-19(2)8-12-21/h4-6H,3,7-14H2,1-2H3. The molecule has 1 aromatic rings. The first-order valence-corrected chi connectivity index (χ1v) is 8.59. The maximum Gasteiger partial charge on any atom is 0.257 e. The monoisotopic (exact) mass is 317 g/mol. The number of nitrogens with zero attached hydrogens (tertiary/aromatic N) is 5. The van der Waals surface area contributed by atoms with E-state index in [1.807, 2.05) is 17.0 Å². The van der Waals surface area contributed by atoms with E-state index in [0.29, 0.717) is 0 Å². The van der Waals surface area contributed by atoms with E-state index in [1.165, 1.54) is 0 Å². The number of piperazine rings is 2. The first-order valence-electron chi connectivity index (χ1n) is 8.59. The van der Waals surface area contributed by atoms with Crippen LogP contribution in [-0.2, 0) is 0 Å². The van der Waals surface area contributed by atoms with Gasteiger partial charge in [-0.2, -0.15) is 0 Å². The molecule has 2 fully saturated rings. The quantitative estimate of drug-likeness (QED) is 0.817. The summed E-state index contributed by atoms with van der Waals surface area (Å²) in [6, 6.07) is 3.80. The molecule has 0 N–H and O–H groups in total. The molecular formula is C17H27N5O. The molecule has 0 atom stereocenters. The second-order valence-corrected chi connectivity index (χ2v) is 6.39. The Balaban J connectivity index is 1.73. The molecule has 0 aromatic carbocycles. The van der Waals surface area contributed by atoms with Crippen LogP contribution in [0.3, 0.4) is 0 Å². The van der Waals surface area contributed by atoms with E-state index in [2.05, 4.69) is 33.7 Å². The fourth-order valence-electron chi connectivity index (χ4n) is 3.27. The van der Waals surface area contributed by atoms with Crippen molar-refractivity contribution in [2.45, 2.75) is 6.92 Å². The lowest BCUT2D eigenvalue weighted by Crippen LogP contribution is -2.49. The summed E-state index contributed by atoms with van der Waals surface area (Å²) in [4.78, 5) is 26.4. The average Bonchev–Trinajstić information content (AvgIpc) is 2.62. The van der Waals surface area contributed by atoms with Gasteiger partial charge >= 0.3 is 0 Å². The molecule has 6 heteroatoms. The van der Waals surface area contributed by atoms with Gasteiger partial charge in [0, 0.05) is 58.6 Å². The normalized spacial score (nSPS) is 20.8. The third-order valence-electron chi connectivity index (χ3n) is 4.93. The van der Waals surface area contributed by atoms with Crippen LogP contribution in [0.15, 0.2) is 18.3 Å². The van der Waals surface area contributed by atoms with Crippen LogP contribution in [0.2, 0.25) is 0 Å². The number of hydrogen-bond acceptors (Lipinski definition) is 5. The van der Waals surface area contributed by atoms with E-state index < -0.39 is 0 Å². The Hall–Kier alpha value is -1.66. The van der Waals surface area contributed by atoms with Crippen LogP contribution in [0, 0.1) is 0 Å². The van der Waals surface area contributed by atoms with Crippen molar-refractivity contribution >= 4 is 11.7 Å². The zero-order valence-corrected chi connectivity index (χ0v) is 14.2. The average molecular weight is 317 g/mol. The van der Waals surface area contributed by atoms with Crippen molar-refractivity contribution in [1.29, 1.82) is 0 Å². The third-order valence-corrected chi connectivity index (χ3v) is 4.93. The van der Waals surface area contributed by atoms with Gasteiger partial charge in [0.2, 0.25) is 0 Å². The van der Waals surface area contributed by atoms with E-state index in [-0.39, 0.29) is 5.91 Å². The molecule has 0 saturated carbocycles. The number of carbonyl (C=O) groups excluding carboxylic acids is 1. The fourth-order valence-corrected chi connectivity index (χ4v) is 3.27. The van der Waals surface area contributed by atoms with Crippen molar-refractivity contribution < 1.29 is 4.79 Å². The number of amides is 1. The molecule has 6 nitrogen and oxygen atoms in total. The Kier molecular flexibility index (Phi) is 5.13. The van der Waals surface area contributed by atoms with Gasteiger partial charge in [-0.25, -0.2) is 4.98 Å². The molecule has 23 heavy (non-hydrogen) atoms. The molecule has 1 aromatic heterocycles. The SMILES string of the molecule is CCN1CCN(C(=O)c2cccnc2N2CCN(C)CC2)CC1. The number of anilines is 1. The van der Waals surface area contributed by atoms with Crippen LogP contribution in [0.25, 0.3) is 0 Å². The minimum absolute atomic E-state index is 0.128. The number of likely N-dealkylation sites (N-methyl/N-ethyl adjacent to an activating group) is 2. The lowest BCUT2D eigenvalue weighted by molar-refractivity contribution is 0.0643. The topological polar surface area (TPSA) is 42.9 Å². The largest absolute Gasteiger partial charge is 0.353 e. The molecule has 3 rings (SSSR count). The zero-order chi connectivity index (χ0) is 16.2. The Morgan fingerprint density at radius 3 is 2.43 bits per heavy atom. The van der Waals surface area contributed by atoms with Gasteiger partial charge in [0.15, 0.2) is 0 Å². The smallest absolute Gasteiger partial charge is 0.257 e. The second kappa shape index (κ2) is 7.27. The Labute approximate surface area is 138 Å². The van der Waals surface area contributed by atoms with Crippen LogP contribution in [0.4, 0.5) is 5.82 Å². The molecule has 0 bridgehead atoms. The lowest BCUT2D eigenvalue weighted by Gasteiger charge is -2.36. The van der Waals surface area contributed by atoms with E-state index >= 15 is 0 Å². The summed E-state index contributed by atoms with van der Waals surface area (Å²) in [6.45, 7) is 10.7. The zero-order valence-electron chi connectivity index (χ0n) is 14.2. The molecule has 1 amide bonds. The van der Waals surface area contributed by atoms with Gasteiger partial charge in [0.05, 0.1) is 5.56 Å². The number of pyridine rings is 1. The number of aromatic nitrogens is 1. The molecule has 0 aliphatic carbocycles.